The van der Waals surface area contributed by atoms with E-state index in [0.29, 0.717) is 64.9 Å². The molecule has 64 heavy (non-hydrogen) atoms. The number of pyridine rings is 1. The van der Waals surface area contributed by atoms with Crippen LogP contribution >= 0.6 is 0 Å². The van der Waals surface area contributed by atoms with Gasteiger partial charge in [-0.1, -0.05) is 91.0 Å². The van der Waals surface area contributed by atoms with Gasteiger partial charge in [0, 0.05) is 54.4 Å². The molecule has 6 N–H and O–H groups in total. The summed E-state index contributed by atoms with van der Waals surface area (Å²) in [7, 11) is 0. The Hall–Kier alpha value is -6.80. The molecular formula is C51H54N5O8+. The lowest BCUT2D eigenvalue weighted by Crippen LogP contribution is -2.66. The van der Waals surface area contributed by atoms with Crippen LogP contribution in [-0.4, -0.2) is 89.4 Å². The zero-order chi connectivity index (χ0) is 44.5. The molecule has 3 atom stereocenters. The molecule has 1 unspecified atom stereocenters. The summed E-state index contributed by atoms with van der Waals surface area (Å²) in [4.78, 5) is 54.1. The number of aliphatic hydroxyl groups is 1. The maximum absolute atomic E-state index is 13.7. The van der Waals surface area contributed by atoms with E-state index in [2.05, 4.69) is 20.9 Å². The molecule has 1 aromatic heterocycles. The van der Waals surface area contributed by atoms with Gasteiger partial charge in [-0.3, -0.25) is 14.4 Å². The highest BCUT2D eigenvalue weighted by molar-refractivity contribution is 5.97. The molecule has 5 aromatic carbocycles. The van der Waals surface area contributed by atoms with Gasteiger partial charge in [0.25, 0.3) is 5.91 Å². The molecular weight excluding hydrogens is 811 g/mol. The van der Waals surface area contributed by atoms with Crippen molar-refractivity contribution in [2.75, 3.05) is 45.8 Å². The molecule has 13 nitrogen and oxygen atoms in total. The van der Waals surface area contributed by atoms with E-state index in [-0.39, 0.29) is 53.7 Å². The standard InChI is InChI=1S/C51H53N5O8/c57-43-21-19-41(42-20-22-47(60)54-49(42)43)44(58)30-52-25-8-26-53-50(61)38-17-15-34(16-18-38)33-63-40-14-7-13-39(29-40)48(37-11-5-2-6-12-37)55-51(62)64-46-32-56(27-23-36(46)24-28-56)31-45(59)35-9-3-1-4-10-35/h1-7,9-22,29,36,44,46,48,52,58H,8,23-28,30-33H2,(H3-,53,54,55,57,60,61,62)/p+1/t36?,44-,46-,48?,56?/m0/s1. The molecule has 13 heteroatoms. The number of phenolic OH excluding ortho intramolecular Hbond substituents is 1. The van der Waals surface area contributed by atoms with Crippen molar-refractivity contribution >= 4 is 28.7 Å². The van der Waals surface area contributed by atoms with Gasteiger partial charge in [0.15, 0.2) is 6.10 Å². The van der Waals surface area contributed by atoms with Crippen LogP contribution in [0.4, 0.5) is 4.79 Å². The molecule has 0 radical (unpaired) electrons. The number of hydrogen-bond donors (Lipinski definition) is 6. The van der Waals surface area contributed by atoms with E-state index in [4.69, 9.17) is 9.47 Å². The van der Waals surface area contributed by atoms with Crippen LogP contribution in [0.3, 0.4) is 0 Å². The summed E-state index contributed by atoms with van der Waals surface area (Å²) in [5, 5.41) is 30.7. The Morgan fingerprint density at radius 3 is 2.30 bits per heavy atom. The van der Waals surface area contributed by atoms with Gasteiger partial charge in [0.1, 0.15) is 31.2 Å². The predicted molar refractivity (Wildman–Crippen MR) is 243 cm³/mol. The second-order valence-corrected chi connectivity index (χ2v) is 16.9. The first kappa shape index (κ1) is 43.8. The van der Waals surface area contributed by atoms with Crippen LogP contribution in [0.25, 0.3) is 10.9 Å². The molecule has 330 valence electrons. The molecule has 3 aliphatic rings. The second kappa shape index (κ2) is 20.1. The van der Waals surface area contributed by atoms with Crippen molar-refractivity contribution < 1.29 is 38.6 Å². The summed E-state index contributed by atoms with van der Waals surface area (Å²) in [6.45, 7) is 4.35. The number of ketones is 1. The maximum atomic E-state index is 13.7. The Labute approximate surface area is 371 Å². The topological polar surface area (TPSA) is 179 Å². The van der Waals surface area contributed by atoms with Crippen molar-refractivity contribution in [3.8, 4) is 11.5 Å². The summed E-state index contributed by atoms with van der Waals surface area (Å²) in [5.41, 5.74) is 4.36. The van der Waals surface area contributed by atoms with Crippen molar-refractivity contribution in [2.45, 2.75) is 44.1 Å². The minimum atomic E-state index is -0.865. The molecule has 3 aliphatic heterocycles. The Morgan fingerprint density at radius 2 is 1.53 bits per heavy atom. The molecule has 2 amide bonds. The first-order chi connectivity index (χ1) is 31.1. The van der Waals surface area contributed by atoms with Crippen LogP contribution in [0.1, 0.15) is 74.4 Å². The number of piperidine rings is 3. The number of fused-ring (bicyclic) bond motifs is 4. The number of rotatable bonds is 18. The van der Waals surface area contributed by atoms with E-state index in [1.54, 1.807) is 24.3 Å². The van der Waals surface area contributed by atoms with E-state index in [1.807, 2.05) is 97.1 Å². The molecule has 0 spiro atoms. The molecule has 3 saturated heterocycles. The minimum Gasteiger partial charge on any atom is -0.506 e. The summed E-state index contributed by atoms with van der Waals surface area (Å²) >= 11 is 0. The first-order valence-corrected chi connectivity index (χ1v) is 21.9. The van der Waals surface area contributed by atoms with Crippen molar-refractivity contribution in [1.29, 1.82) is 0 Å². The zero-order valence-corrected chi connectivity index (χ0v) is 35.6. The molecule has 0 aliphatic carbocycles. The smallest absolute Gasteiger partial charge is 0.408 e. The number of Topliss-reactive ketones (excluding diaryl/α,β-unsaturated/α-hetero) is 1. The number of H-pyrrole nitrogens is 1. The highest BCUT2D eigenvalue weighted by Crippen LogP contribution is 2.36. The number of carbonyl (C=O) groups is 3. The number of alkyl carbamates (subject to hydrolysis) is 1. The van der Waals surface area contributed by atoms with E-state index in [9.17, 15) is 29.4 Å². The van der Waals surface area contributed by atoms with Gasteiger partial charge in [-0.15, -0.1) is 0 Å². The monoisotopic (exact) mass is 864 g/mol. The van der Waals surface area contributed by atoms with E-state index < -0.39 is 18.2 Å². The number of nitrogens with one attached hydrogen (secondary N) is 4. The lowest BCUT2D eigenvalue weighted by molar-refractivity contribution is -0.938. The Kier molecular flexibility index (Phi) is 13.8. The average molecular weight is 865 g/mol. The fourth-order valence-corrected chi connectivity index (χ4v) is 9.01. The predicted octanol–water partition coefficient (Wildman–Crippen LogP) is 6.56. The van der Waals surface area contributed by atoms with Gasteiger partial charge in [0.05, 0.1) is 30.8 Å². The number of aromatic nitrogens is 1. The molecule has 6 aromatic rings. The number of aromatic amines is 1. The summed E-state index contributed by atoms with van der Waals surface area (Å²) in [5.74, 6) is 0.748. The maximum Gasteiger partial charge on any atom is 0.408 e. The number of aromatic hydroxyl groups is 1. The number of amides is 2. The number of aliphatic hydroxyl groups excluding tert-OH is 1. The third-order valence-corrected chi connectivity index (χ3v) is 12.5. The second-order valence-electron chi connectivity index (χ2n) is 16.9. The van der Waals surface area contributed by atoms with E-state index in [1.165, 1.54) is 12.1 Å². The molecule has 3 fully saturated rings. The van der Waals surface area contributed by atoms with Gasteiger partial charge in [-0.2, -0.15) is 0 Å². The van der Waals surface area contributed by atoms with Gasteiger partial charge in [-0.25, -0.2) is 4.79 Å². The lowest BCUT2D eigenvalue weighted by Gasteiger charge is -2.51. The van der Waals surface area contributed by atoms with Crippen LogP contribution in [0.5, 0.6) is 11.5 Å². The quantitative estimate of drug-likeness (QED) is 0.0317. The Bertz CT molecular complexity index is 2610. The zero-order valence-electron chi connectivity index (χ0n) is 35.6. The van der Waals surface area contributed by atoms with Crippen LogP contribution in [-0.2, 0) is 11.3 Å². The largest absolute Gasteiger partial charge is 0.506 e. The fourth-order valence-electron chi connectivity index (χ4n) is 9.01. The van der Waals surface area contributed by atoms with Gasteiger partial charge >= 0.3 is 6.09 Å². The van der Waals surface area contributed by atoms with Crippen LogP contribution < -0.4 is 26.2 Å². The summed E-state index contributed by atoms with van der Waals surface area (Å²) in [6, 6.07) is 39.5. The summed E-state index contributed by atoms with van der Waals surface area (Å²) < 4.78 is 13.0. The third-order valence-electron chi connectivity index (χ3n) is 12.5. The van der Waals surface area contributed by atoms with Crippen molar-refractivity contribution in [1.82, 2.24) is 20.9 Å². The normalized spacial score (nSPS) is 18.8. The van der Waals surface area contributed by atoms with E-state index >= 15 is 0 Å². The van der Waals surface area contributed by atoms with Crippen molar-refractivity contribution in [3.63, 3.8) is 0 Å². The fraction of sp³-hybridized carbons (Fsp3) is 0.294. The van der Waals surface area contributed by atoms with Crippen LogP contribution in [0, 0.1) is 5.92 Å². The summed E-state index contributed by atoms with van der Waals surface area (Å²) in [6.07, 6.45) is 0.827. The van der Waals surface area contributed by atoms with Crippen molar-refractivity contribution in [2.24, 2.45) is 5.92 Å². The van der Waals surface area contributed by atoms with Gasteiger partial charge in [-0.05, 0) is 71.6 Å². The molecule has 4 heterocycles. The van der Waals surface area contributed by atoms with Crippen LogP contribution in [0.15, 0.2) is 138 Å². The highest BCUT2D eigenvalue weighted by Gasteiger charge is 2.48. The number of hydrogen-bond acceptors (Lipinski definition) is 9. The molecule has 2 bridgehead atoms. The number of carbonyl (C=O) groups excluding carboxylic acids is 3. The number of benzene rings is 5. The first-order valence-electron chi connectivity index (χ1n) is 21.9. The van der Waals surface area contributed by atoms with Gasteiger partial charge in [0.2, 0.25) is 11.3 Å². The SMILES string of the molecule is O=C(NC(c1ccccc1)c1cccc(OCc2ccc(C(=O)NCCCNC[C@H](O)c3ccc(O)c4[nH]c(=O)ccc34)cc2)c1)O[C@H]1C[N+]2(CC(=O)c3ccccc3)CCC1CC2. The van der Waals surface area contributed by atoms with Crippen LogP contribution in [0.2, 0.25) is 0 Å². The number of phenols is 1. The number of nitrogens with zero attached hydrogens (tertiary/aromatic N) is 1. The number of quaternary nitrogens is 1. The molecule has 0 saturated carbocycles. The third kappa shape index (κ3) is 10.7. The molecule has 9 rings (SSSR count). The van der Waals surface area contributed by atoms with E-state index in [0.717, 1.165) is 42.6 Å². The van der Waals surface area contributed by atoms with Gasteiger partial charge < -0.3 is 45.1 Å². The highest BCUT2D eigenvalue weighted by atomic mass is 16.6. The minimum absolute atomic E-state index is 0.0630. The average Bonchev–Trinajstić information content (AvgIpc) is 3.32. The number of ether oxygens (including phenoxy) is 2. The van der Waals surface area contributed by atoms with Crippen molar-refractivity contribution in [3.05, 3.63) is 177 Å². The Morgan fingerprint density at radius 1 is 0.797 bits per heavy atom. The lowest BCUT2D eigenvalue weighted by atomic mass is 9.83. The Balaban J connectivity index is 0.805.